The van der Waals surface area contributed by atoms with Gasteiger partial charge in [-0.25, -0.2) is 0 Å². The van der Waals surface area contributed by atoms with Crippen molar-refractivity contribution in [3.05, 3.63) is 93.7 Å². The fourth-order valence-electron chi connectivity index (χ4n) is 8.48. The molecule has 7 nitrogen and oxygen atoms in total. The number of ketones is 3. The fraction of sp³-hybridized carbons (Fsp3) is 0.704. The molecule has 0 amide bonds. The lowest BCUT2D eigenvalue weighted by molar-refractivity contribution is -0.137. The number of carbonyl (C=O) groups excluding carboxylic acids is 4. The fourth-order valence-corrected chi connectivity index (χ4v) is 8.48. The molecule has 450 valence electrons. The second kappa shape index (κ2) is 51.2. The molecule has 2 N–H and O–H groups in total. The van der Waals surface area contributed by atoms with Crippen molar-refractivity contribution in [3.8, 4) is 0 Å². The number of carbonyl (C=O) groups is 4. The van der Waals surface area contributed by atoms with Crippen LogP contribution < -0.4 is 0 Å². The molecule has 0 rings (SSSR count). The van der Waals surface area contributed by atoms with E-state index < -0.39 is 6.10 Å². The highest BCUT2D eigenvalue weighted by Gasteiger charge is 2.21. The average molecular weight is 1090 g/mol. The van der Waals surface area contributed by atoms with Gasteiger partial charge in [0, 0.05) is 25.7 Å². The van der Waals surface area contributed by atoms with E-state index in [4.69, 9.17) is 0 Å². The molecule has 1 unspecified atom stereocenters. The Labute approximate surface area is 483 Å². The second-order valence-electron chi connectivity index (χ2n) is 25.4. The van der Waals surface area contributed by atoms with E-state index in [0.717, 1.165) is 120 Å². The van der Waals surface area contributed by atoms with Crippen molar-refractivity contribution in [2.45, 2.75) is 286 Å². The number of hydrogen-bond donors (Lipinski definition) is 2. The number of aldehydes is 1. The lowest BCUT2D eigenvalue weighted by Crippen LogP contribution is -2.24. The zero-order valence-electron chi connectivity index (χ0n) is 54.8. The van der Waals surface area contributed by atoms with Crippen LogP contribution in [0.25, 0.3) is 0 Å². The van der Waals surface area contributed by atoms with Gasteiger partial charge in [0.1, 0.15) is 12.4 Å². The van der Waals surface area contributed by atoms with Crippen molar-refractivity contribution >= 4 is 29.3 Å². The summed E-state index contributed by atoms with van der Waals surface area (Å²) in [4.78, 5) is 46.2. The van der Waals surface area contributed by atoms with Gasteiger partial charge in [0.05, 0.1) is 5.71 Å². The topological polar surface area (TPSA) is 121 Å². The number of aliphatic hydroxyl groups is 1. The van der Waals surface area contributed by atoms with E-state index >= 15 is 0 Å². The number of oxime groups is 1. The van der Waals surface area contributed by atoms with Crippen LogP contribution in [0.2, 0.25) is 0 Å². The van der Waals surface area contributed by atoms with Crippen molar-refractivity contribution in [1.82, 2.24) is 0 Å². The highest BCUT2D eigenvalue weighted by atomic mass is 16.4. The summed E-state index contributed by atoms with van der Waals surface area (Å²) >= 11 is 0. The summed E-state index contributed by atoms with van der Waals surface area (Å²) in [6, 6.07) is 0. The normalized spacial score (nSPS) is 13.8. The summed E-state index contributed by atoms with van der Waals surface area (Å²) in [7, 11) is 0. The molecule has 0 aliphatic carbocycles. The van der Waals surface area contributed by atoms with Crippen LogP contribution in [-0.2, 0) is 19.2 Å². The monoisotopic (exact) mass is 1090 g/mol. The number of nitrogens with zero attached hydrogens (tertiary/aromatic N) is 1. The largest absolute Gasteiger partial charge is 0.411 e. The molecule has 0 aliphatic rings. The molecule has 0 aliphatic heterocycles. The Balaban J connectivity index is -0.000000481. The van der Waals surface area contributed by atoms with Crippen molar-refractivity contribution in [1.29, 1.82) is 0 Å². The lowest BCUT2D eigenvalue weighted by atomic mass is 9.90. The lowest BCUT2D eigenvalue weighted by Gasteiger charge is -2.17. The smallest absolute Gasteiger partial charge is 0.198 e. The van der Waals surface area contributed by atoms with E-state index in [1.807, 2.05) is 0 Å². The van der Waals surface area contributed by atoms with Crippen LogP contribution >= 0.6 is 0 Å². The molecule has 0 radical (unpaired) electrons. The molecule has 0 spiro atoms. The summed E-state index contributed by atoms with van der Waals surface area (Å²) in [6.07, 6.45) is 34.9. The highest BCUT2D eigenvalue weighted by molar-refractivity contribution is 6.37. The molecular formula is C71H125NO6. The summed E-state index contributed by atoms with van der Waals surface area (Å²) in [5.41, 5.74) is 11.1. The van der Waals surface area contributed by atoms with Gasteiger partial charge < -0.3 is 15.1 Å². The quantitative estimate of drug-likeness (QED) is 0.0159. The Hall–Kier alpha value is -3.97. The number of Topliss-reactive ketones (excluding diaryl/α,β-unsaturated/α-hetero) is 3. The molecule has 0 saturated heterocycles. The average Bonchev–Trinajstić information content (AvgIpc) is 3.30. The summed E-state index contributed by atoms with van der Waals surface area (Å²) in [6.45, 7) is 48.5. The van der Waals surface area contributed by atoms with Crippen LogP contribution in [0, 0.1) is 41.4 Å². The molecule has 0 aromatic rings. The molecule has 7 heteroatoms. The maximum absolute atomic E-state index is 12.1. The van der Waals surface area contributed by atoms with Gasteiger partial charge in [-0.1, -0.05) is 142 Å². The van der Waals surface area contributed by atoms with Gasteiger partial charge in [0.25, 0.3) is 0 Å². The molecule has 0 saturated carbocycles. The highest BCUT2D eigenvalue weighted by Crippen LogP contribution is 2.23. The molecule has 0 aromatic heterocycles. The zero-order valence-corrected chi connectivity index (χ0v) is 54.8. The van der Waals surface area contributed by atoms with Gasteiger partial charge in [-0.05, 0) is 253 Å². The number of rotatable bonds is 38. The van der Waals surface area contributed by atoms with Crippen LogP contribution in [0.3, 0.4) is 0 Å². The first-order valence-corrected chi connectivity index (χ1v) is 30.4. The Kier molecular flexibility index (Phi) is 52.8. The third kappa shape index (κ3) is 58.2. The van der Waals surface area contributed by atoms with Crippen molar-refractivity contribution < 1.29 is 29.5 Å². The van der Waals surface area contributed by atoms with Crippen molar-refractivity contribution in [2.24, 2.45) is 46.6 Å². The van der Waals surface area contributed by atoms with Crippen LogP contribution in [-0.4, -0.2) is 45.8 Å². The van der Waals surface area contributed by atoms with Crippen LogP contribution in [0.1, 0.15) is 280 Å². The van der Waals surface area contributed by atoms with Crippen molar-refractivity contribution in [3.63, 3.8) is 0 Å². The first-order valence-electron chi connectivity index (χ1n) is 30.4. The molecule has 0 fully saturated rings. The Morgan fingerprint density at radius 2 is 0.654 bits per heavy atom. The van der Waals surface area contributed by atoms with E-state index in [9.17, 15) is 29.5 Å². The van der Waals surface area contributed by atoms with E-state index in [0.29, 0.717) is 61.7 Å². The van der Waals surface area contributed by atoms with Crippen LogP contribution in [0.5, 0.6) is 0 Å². The van der Waals surface area contributed by atoms with Crippen LogP contribution in [0.15, 0.2) is 98.9 Å². The molecule has 0 bridgehead atoms. The zero-order chi connectivity index (χ0) is 60.8. The summed E-state index contributed by atoms with van der Waals surface area (Å²) in [5.74, 6) is 2.57. The van der Waals surface area contributed by atoms with Gasteiger partial charge in [-0.15, -0.1) is 0 Å². The SMILES string of the molecule is C=C(C[C@@H](C)CCC=C(C)C)/C(C[C@@H](C)CCC=C(C)C)=N/O.CC(C)=CCC[C@H](C)CC(=O)C(=O)C[C@@H](C)CCC=C(C)C.CC(C)=CCC[C@H](C)CC(=O)C(O)C[C@@H](C)CCC=C(C)C.CC(C)=CCC[C@H](C)CC=O. The predicted molar refractivity (Wildman–Crippen MR) is 343 cm³/mol. The standard InChI is InChI=1S/C21H37NO.C20H36O2.C20H34O2.C10H18O/c1-16(2)10-8-12-18(5)14-20(7)21(22-23)15-19(6)13-9-11-17(3)4;2*1-15(2)9-7-11-17(5)13-19(21)20(22)14-18(6)12-8-10-16(3)4;1-9(2)5-4-6-10(3)7-8-11/h10-11,18-19,23H,7-9,12-15H2,1-6H3;9-10,17-19,21H,7-8,11-14H2,1-6H3;9-10,17-18H,7-8,11-14H2,1-6H3;5,8,10H,4,6-7H2,1-3H3/b22-21+;;;/t18-,19-;17-,18-,19?;17-,18-;10-/m0000/s1. The Morgan fingerprint density at radius 1 is 0.397 bits per heavy atom. The minimum atomic E-state index is -0.785. The van der Waals surface area contributed by atoms with E-state index in [2.05, 4.69) is 200 Å². The van der Waals surface area contributed by atoms with E-state index in [1.54, 1.807) is 0 Å². The second-order valence-corrected chi connectivity index (χ2v) is 25.4. The molecular weight excluding hydrogens is 963 g/mol. The molecule has 78 heavy (non-hydrogen) atoms. The summed E-state index contributed by atoms with van der Waals surface area (Å²) in [5, 5.41) is 22.9. The minimum Gasteiger partial charge on any atom is -0.411 e. The maximum atomic E-state index is 12.1. The maximum Gasteiger partial charge on any atom is 0.198 e. The first kappa shape index (κ1) is 80.5. The number of aliphatic hydroxyl groups excluding tert-OH is 1. The van der Waals surface area contributed by atoms with E-state index in [-0.39, 0.29) is 29.2 Å². The first-order chi connectivity index (χ1) is 36.4. The summed E-state index contributed by atoms with van der Waals surface area (Å²) < 4.78 is 0. The van der Waals surface area contributed by atoms with Gasteiger partial charge >= 0.3 is 0 Å². The van der Waals surface area contributed by atoms with Gasteiger partial charge in [0.2, 0.25) is 0 Å². The third-order valence-electron chi connectivity index (χ3n) is 13.6. The van der Waals surface area contributed by atoms with Crippen LogP contribution in [0.4, 0.5) is 0 Å². The Morgan fingerprint density at radius 3 is 0.936 bits per heavy atom. The number of hydrogen-bond acceptors (Lipinski definition) is 7. The van der Waals surface area contributed by atoms with Gasteiger partial charge in [-0.2, -0.15) is 0 Å². The third-order valence-corrected chi connectivity index (χ3v) is 13.6. The molecule has 0 aromatic carbocycles. The van der Waals surface area contributed by atoms with Gasteiger partial charge in [-0.3, -0.25) is 14.4 Å². The Bertz CT molecular complexity index is 1830. The minimum absolute atomic E-state index is 0.0127. The van der Waals surface area contributed by atoms with Gasteiger partial charge in [0.15, 0.2) is 17.3 Å². The van der Waals surface area contributed by atoms with Crippen molar-refractivity contribution in [2.75, 3.05) is 0 Å². The predicted octanol–water partition coefficient (Wildman–Crippen LogP) is 21.0. The molecule has 8 atom stereocenters. The molecule has 0 heterocycles. The van der Waals surface area contributed by atoms with E-state index in [1.165, 1.54) is 39.0 Å². The number of allylic oxidation sites excluding steroid dienone is 15.